The van der Waals surface area contributed by atoms with E-state index in [0.29, 0.717) is 12.0 Å². The Labute approximate surface area is 114 Å². The van der Waals surface area contributed by atoms with Gasteiger partial charge in [-0.05, 0) is 33.1 Å². The number of rotatable bonds is 5. The van der Waals surface area contributed by atoms with Crippen LogP contribution in [0, 0.1) is 5.92 Å². The lowest BCUT2D eigenvalue weighted by Gasteiger charge is -2.16. The Balaban J connectivity index is 2.41. The Morgan fingerprint density at radius 2 is 2.06 bits per heavy atom. The van der Waals surface area contributed by atoms with Gasteiger partial charge in [-0.25, -0.2) is 0 Å². The summed E-state index contributed by atoms with van der Waals surface area (Å²) >= 11 is 1.72. The Morgan fingerprint density at radius 1 is 1.39 bits per heavy atom. The van der Waals surface area contributed by atoms with E-state index in [0.717, 1.165) is 17.3 Å². The van der Waals surface area contributed by atoms with E-state index in [1.165, 1.54) is 0 Å². The summed E-state index contributed by atoms with van der Waals surface area (Å²) in [5, 5.41) is 6.99. The van der Waals surface area contributed by atoms with Crippen molar-refractivity contribution in [2.75, 3.05) is 5.75 Å². The molecule has 0 fully saturated rings. The number of amides is 1. The second-order valence-corrected chi connectivity index (χ2v) is 6.57. The van der Waals surface area contributed by atoms with Crippen LogP contribution in [0.5, 0.6) is 0 Å². The van der Waals surface area contributed by atoms with E-state index in [1.54, 1.807) is 11.8 Å². The summed E-state index contributed by atoms with van der Waals surface area (Å²) in [4.78, 5) is 16.4. The molecule has 0 radical (unpaired) electrons. The highest BCUT2D eigenvalue weighted by atomic mass is 32.2. The molecular weight excluding hydrogens is 246 g/mol. The van der Waals surface area contributed by atoms with Crippen LogP contribution in [-0.4, -0.2) is 35.0 Å². The first-order chi connectivity index (χ1) is 8.38. The van der Waals surface area contributed by atoms with Crippen molar-refractivity contribution >= 4 is 22.8 Å². The van der Waals surface area contributed by atoms with E-state index in [9.17, 15) is 4.79 Å². The van der Waals surface area contributed by atoms with E-state index in [-0.39, 0.29) is 18.0 Å². The smallest absolute Gasteiger partial charge is 0.242 e. The molecule has 18 heavy (non-hydrogen) atoms. The summed E-state index contributed by atoms with van der Waals surface area (Å²) in [5.74, 6) is 1.72. The number of thioether (sulfide) groups is 1. The van der Waals surface area contributed by atoms with Crippen LogP contribution in [0.3, 0.4) is 0 Å². The highest BCUT2D eigenvalue weighted by Crippen LogP contribution is 2.21. The molecule has 0 aliphatic carbocycles. The maximum atomic E-state index is 11.8. The number of hydrogen-bond donors (Lipinski definition) is 2. The summed E-state index contributed by atoms with van der Waals surface area (Å²) < 4.78 is 0. The topological polar surface area (TPSA) is 53.5 Å². The molecule has 2 N–H and O–H groups in total. The van der Waals surface area contributed by atoms with Gasteiger partial charge in [0.05, 0.1) is 6.04 Å². The monoisotopic (exact) mass is 271 g/mol. The van der Waals surface area contributed by atoms with E-state index in [2.05, 4.69) is 29.5 Å². The Morgan fingerprint density at radius 3 is 2.61 bits per heavy atom. The quantitative estimate of drug-likeness (QED) is 0.804. The molecule has 1 amide bonds. The number of carbonyl (C=O) groups is 1. The zero-order valence-electron chi connectivity index (χ0n) is 12.0. The summed E-state index contributed by atoms with van der Waals surface area (Å²) in [6.07, 6.45) is 1.12. The number of nitrogens with zero attached hydrogens (tertiary/aromatic N) is 1. The third kappa shape index (κ3) is 5.29. The predicted octanol–water partition coefficient (Wildman–Crippen LogP) is 2.01. The summed E-state index contributed by atoms with van der Waals surface area (Å²) in [7, 11) is 0. The summed E-state index contributed by atoms with van der Waals surface area (Å²) in [5.41, 5.74) is 0. The average Bonchev–Trinajstić information content (AvgIpc) is 2.63. The van der Waals surface area contributed by atoms with E-state index in [1.807, 2.05) is 20.8 Å². The first-order valence-corrected chi connectivity index (χ1v) is 7.64. The first-order valence-electron chi connectivity index (χ1n) is 6.66. The zero-order chi connectivity index (χ0) is 13.7. The van der Waals surface area contributed by atoms with Gasteiger partial charge in [0.25, 0.3) is 0 Å². The molecular formula is C13H25N3OS. The highest BCUT2D eigenvalue weighted by Gasteiger charge is 2.22. The van der Waals surface area contributed by atoms with E-state index < -0.39 is 0 Å². The van der Waals surface area contributed by atoms with Crippen molar-refractivity contribution < 1.29 is 4.79 Å². The minimum absolute atomic E-state index is 0.0283. The SMILES string of the molecule is CC(C)CC1CSC(NC(C)C(=O)NC(C)C)=N1. The lowest BCUT2D eigenvalue weighted by Crippen LogP contribution is -2.45. The lowest BCUT2D eigenvalue weighted by atomic mass is 10.1. The van der Waals surface area contributed by atoms with Crippen LogP contribution in [-0.2, 0) is 4.79 Å². The van der Waals surface area contributed by atoms with Gasteiger partial charge in [0.2, 0.25) is 5.91 Å². The summed E-state index contributed by atoms with van der Waals surface area (Å²) in [6.45, 7) is 10.2. The van der Waals surface area contributed by atoms with Crippen molar-refractivity contribution in [3.05, 3.63) is 0 Å². The molecule has 0 aromatic carbocycles. The molecule has 1 heterocycles. The van der Waals surface area contributed by atoms with Gasteiger partial charge >= 0.3 is 0 Å². The number of hydrogen-bond acceptors (Lipinski definition) is 4. The molecule has 104 valence electrons. The Bertz CT molecular complexity index is 315. The minimum Gasteiger partial charge on any atom is -0.353 e. The molecule has 0 saturated carbocycles. The van der Waals surface area contributed by atoms with E-state index in [4.69, 9.17) is 0 Å². The van der Waals surface area contributed by atoms with Gasteiger partial charge in [0, 0.05) is 11.8 Å². The minimum atomic E-state index is -0.226. The van der Waals surface area contributed by atoms with Gasteiger partial charge in [0.15, 0.2) is 5.17 Å². The molecule has 2 atom stereocenters. The molecule has 4 nitrogen and oxygen atoms in total. The van der Waals surface area contributed by atoms with Crippen LogP contribution >= 0.6 is 11.8 Å². The van der Waals surface area contributed by atoms with Crippen LogP contribution in [0.1, 0.15) is 41.0 Å². The normalized spacial score (nSPS) is 21.1. The molecule has 0 bridgehead atoms. The number of aliphatic imine (C=N–C) groups is 1. The summed E-state index contributed by atoms with van der Waals surface area (Å²) in [6, 6.07) is 0.350. The van der Waals surface area contributed by atoms with Gasteiger partial charge in [-0.15, -0.1) is 0 Å². The van der Waals surface area contributed by atoms with Crippen LogP contribution in [0.2, 0.25) is 0 Å². The Hall–Kier alpha value is -0.710. The van der Waals surface area contributed by atoms with Crippen LogP contribution < -0.4 is 10.6 Å². The van der Waals surface area contributed by atoms with Crippen LogP contribution in [0.4, 0.5) is 0 Å². The van der Waals surface area contributed by atoms with Crippen molar-refractivity contribution in [3.63, 3.8) is 0 Å². The molecule has 1 aliphatic rings. The first kappa shape index (κ1) is 15.3. The maximum Gasteiger partial charge on any atom is 0.242 e. The van der Waals surface area contributed by atoms with Crippen molar-refractivity contribution in [2.45, 2.75) is 59.2 Å². The molecule has 5 heteroatoms. The number of carbonyl (C=O) groups excluding carboxylic acids is 1. The fourth-order valence-corrected chi connectivity index (χ4v) is 2.86. The average molecular weight is 271 g/mol. The standard InChI is InChI=1S/C13H25N3OS/c1-8(2)6-11-7-18-13(16-11)15-10(5)12(17)14-9(3)4/h8-11H,6-7H2,1-5H3,(H,14,17)(H,15,16). The third-order valence-corrected chi connectivity index (χ3v) is 3.67. The van der Waals surface area contributed by atoms with Crippen molar-refractivity contribution in [2.24, 2.45) is 10.9 Å². The molecule has 1 aliphatic heterocycles. The maximum absolute atomic E-state index is 11.8. The molecule has 1 rings (SSSR count). The van der Waals surface area contributed by atoms with Crippen molar-refractivity contribution in [1.82, 2.24) is 10.6 Å². The molecule has 0 aromatic heterocycles. The Kier molecular flexibility index (Phi) is 5.99. The van der Waals surface area contributed by atoms with E-state index >= 15 is 0 Å². The van der Waals surface area contributed by atoms with Gasteiger partial charge in [-0.2, -0.15) is 0 Å². The largest absolute Gasteiger partial charge is 0.353 e. The number of amidine groups is 1. The van der Waals surface area contributed by atoms with Gasteiger partial charge in [-0.1, -0.05) is 25.6 Å². The fourth-order valence-electron chi connectivity index (χ4n) is 1.82. The molecule has 0 aromatic rings. The third-order valence-electron chi connectivity index (χ3n) is 2.62. The predicted molar refractivity (Wildman–Crippen MR) is 79.0 cm³/mol. The second-order valence-electron chi connectivity index (χ2n) is 5.56. The lowest BCUT2D eigenvalue weighted by molar-refractivity contribution is -0.122. The van der Waals surface area contributed by atoms with Crippen LogP contribution in [0.15, 0.2) is 4.99 Å². The van der Waals surface area contributed by atoms with Gasteiger partial charge < -0.3 is 10.6 Å². The van der Waals surface area contributed by atoms with Crippen molar-refractivity contribution in [3.8, 4) is 0 Å². The zero-order valence-corrected chi connectivity index (χ0v) is 12.8. The fraction of sp³-hybridized carbons (Fsp3) is 0.846. The molecule has 0 spiro atoms. The number of nitrogens with one attached hydrogen (secondary N) is 2. The van der Waals surface area contributed by atoms with Gasteiger partial charge in [-0.3, -0.25) is 9.79 Å². The molecule has 0 saturated heterocycles. The molecule has 2 unspecified atom stereocenters. The second kappa shape index (κ2) is 7.02. The van der Waals surface area contributed by atoms with Gasteiger partial charge in [0.1, 0.15) is 6.04 Å². The van der Waals surface area contributed by atoms with Crippen molar-refractivity contribution in [1.29, 1.82) is 0 Å². The highest BCUT2D eigenvalue weighted by molar-refractivity contribution is 8.14. The van der Waals surface area contributed by atoms with Crippen LogP contribution in [0.25, 0.3) is 0 Å².